The van der Waals surface area contributed by atoms with Gasteiger partial charge in [-0.3, -0.25) is 0 Å². The molecule has 0 amide bonds. The first-order valence-electron chi connectivity index (χ1n) is 8.47. The lowest BCUT2D eigenvalue weighted by atomic mass is 10.0. The zero-order valence-electron chi connectivity index (χ0n) is 14.9. The molecule has 0 heterocycles. The predicted molar refractivity (Wildman–Crippen MR) is 96.6 cm³/mol. The molecule has 2 rings (SSSR count). The van der Waals surface area contributed by atoms with E-state index in [1.165, 1.54) is 31.4 Å². The minimum Gasteiger partial charge on any atom is -0.507 e. The number of halogens is 1. The quantitative estimate of drug-likeness (QED) is 0.630. The standard InChI is InChI=1S/C20H24FNO4/c1-13(3-4-14-5-8-16(21)9-6-14)22-12-19(24)15-7-10-18(23)17(11-15)20(25)26-2/h5-11,13,19,22-24H,3-4,12H2,1-2H3. The first-order valence-corrected chi connectivity index (χ1v) is 8.47. The van der Waals surface area contributed by atoms with Crippen molar-refractivity contribution >= 4 is 5.97 Å². The van der Waals surface area contributed by atoms with Crippen LogP contribution < -0.4 is 5.32 Å². The molecule has 2 atom stereocenters. The molecule has 140 valence electrons. The molecule has 0 spiro atoms. The number of carbonyl (C=O) groups is 1. The van der Waals surface area contributed by atoms with Gasteiger partial charge in [0.05, 0.1) is 13.2 Å². The maximum Gasteiger partial charge on any atom is 0.341 e. The number of rotatable bonds is 8. The number of benzene rings is 2. The van der Waals surface area contributed by atoms with Crippen LogP contribution in [0.15, 0.2) is 42.5 Å². The third-order valence-electron chi connectivity index (χ3n) is 4.25. The van der Waals surface area contributed by atoms with Crippen LogP contribution in [0.25, 0.3) is 0 Å². The Labute approximate surface area is 152 Å². The zero-order chi connectivity index (χ0) is 19.1. The van der Waals surface area contributed by atoms with Crippen molar-refractivity contribution in [3.05, 3.63) is 65.0 Å². The molecule has 0 aromatic heterocycles. The summed E-state index contributed by atoms with van der Waals surface area (Å²) in [5.74, 6) is -1.09. The number of esters is 1. The average Bonchev–Trinajstić information content (AvgIpc) is 2.65. The molecule has 0 aliphatic carbocycles. The first kappa shape index (κ1) is 19.9. The SMILES string of the molecule is COC(=O)c1cc(C(O)CNC(C)CCc2ccc(F)cc2)ccc1O. The number of methoxy groups -OCH3 is 1. The normalized spacial score (nSPS) is 13.2. The van der Waals surface area contributed by atoms with E-state index < -0.39 is 12.1 Å². The molecule has 2 aromatic carbocycles. The highest BCUT2D eigenvalue weighted by Crippen LogP contribution is 2.23. The number of phenolic OH excluding ortho intramolecular Hbond substituents is 1. The summed E-state index contributed by atoms with van der Waals surface area (Å²) in [7, 11) is 1.23. The molecular formula is C20H24FNO4. The Kier molecular flexibility index (Phi) is 7.12. The molecule has 0 fully saturated rings. The molecule has 6 heteroatoms. The molecule has 0 radical (unpaired) electrons. The maximum atomic E-state index is 12.9. The van der Waals surface area contributed by atoms with E-state index in [2.05, 4.69) is 10.1 Å². The van der Waals surface area contributed by atoms with Gasteiger partial charge in [0.1, 0.15) is 17.1 Å². The highest BCUT2D eigenvalue weighted by molar-refractivity contribution is 5.92. The fourth-order valence-corrected chi connectivity index (χ4v) is 2.60. The van der Waals surface area contributed by atoms with Crippen molar-refractivity contribution in [1.29, 1.82) is 0 Å². The lowest BCUT2D eigenvalue weighted by molar-refractivity contribution is 0.0597. The number of hydrogen-bond acceptors (Lipinski definition) is 5. The van der Waals surface area contributed by atoms with Crippen molar-refractivity contribution in [3.8, 4) is 5.75 Å². The minimum atomic E-state index is -0.827. The van der Waals surface area contributed by atoms with Crippen LogP contribution in [0.5, 0.6) is 5.75 Å². The van der Waals surface area contributed by atoms with E-state index in [4.69, 9.17) is 0 Å². The summed E-state index contributed by atoms with van der Waals surface area (Å²) in [4.78, 5) is 11.6. The van der Waals surface area contributed by atoms with Crippen molar-refractivity contribution < 1.29 is 24.1 Å². The molecular weight excluding hydrogens is 337 g/mol. The van der Waals surface area contributed by atoms with Gasteiger partial charge >= 0.3 is 5.97 Å². The third-order valence-corrected chi connectivity index (χ3v) is 4.25. The van der Waals surface area contributed by atoms with E-state index >= 15 is 0 Å². The lowest BCUT2D eigenvalue weighted by Gasteiger charge is -2.18. The Bertz CT molecular complexity index is 733. The van der Waals surface area contributed by atoms with Gasteiger partial charge in [0.15, 0.2) is 0 Å². The zero-order valence-corrected chi connectivity index (χ0v) is 14.9. The number of phenols is 1. The van der Waals surface area contributed by atoms with E-state index in [0.29, 0.717) is 12.1 Å². The molecule has 0 aliphatic rings. The summed E-state index contributed by atoms with van der Waals surface area (Å²) >= 11 is 0. The number of aryl methyl sites for hydroxylation is 1. The Morgan fingerprint density at radius 2 is 1.92 bits per heavy atom. The Balaban J connectivity index is 1.86. The van der Waals surface area contributed by atoms with Crippen LogP contribution in [0.4, 0.5) is 4.39 Å². The second kappa shape index (κ2) is 9.31. The van der Waals surface area contributed by atoms with Gasteiger partial charge in [0.25, 0.3) is 0 Å². The van der Waals surface area contributed by atoms with Gasteiger partial charge in [0, 0.05) is 12.6 Å². The molecule has 0 saturated carbocycles. The molecule has 3 N–H and O–H groups in total. The summed E-state index contributed by atoms with van der Waals surface area (Å²) in [6.45, 7) is 2.31. The van der Waals surface area contributed by atoms with Gasteiger partial charge in [-0.15, -0.1) is 0 Å². The Morgan fingerprint density at radius 3 is 2.58 bits per heavy atom. The van der Waals surface area contributed by atoms with Crippen molar-refractivity contribution in [2.75, 3.05) is 13.7 Å². The number of nitrogens with one attached hydrogen (secondary N) is 1. The van der Waals surface area contributed by atoms with Crippen LogP contribution in [0, 0.1) is 5.82 Å². The number of ether oxygens (including phenoxy) is 1. The fraction of sp³-hybridized carbons (Fsp3) is 0.350. The second-order valence-corrected chi connectivity index (χ2v) is 6.26. The number of hydrogen-bond donors (Lipinski definition) is 3. The molecule has 0 saturated heterocycles. The van der Waals surface area contributed by atoms with E-state index in [0.717, 1.165) is 18.4 Å². The number of aliphatic hydroxyl groups is 1. The Hall–Kier alpha value is -2.44. The maximum absolute atomic E-state index is 12.9. The van der Waals surface area contributed by atoms with Crippen molar-refractivity contribution in [1.82, 2.24) is 5.32 Å². The summed E-state index contributed by atoms with van der Waals surface area (Å²) in [5, 5.41) is 23.3. The molecule has 5 nitrogen and oxygen atoms in total. The van der Waals surface area contributed by atoms with E-state index in [9.17, 15) is 19.4 Å². The molecule has 0 bridgehead atoms. The van der Waals surface area contributed by atoms with Gasteiger partial charge in [0.2, 0.25) is 0 Å². The lowest BCUT2D eigenvalue weighted by Crippen LogP contribution is -2.30. The number of aromatic hydroxyl groups is 1. The minimum absolute atomic E-state index is 0.0217. The van der Waals surface area contributed by atoms with Gasteiger partial charge in [-0.05, 0) is 55.2 Å². The summed E-state index contributed by atoms with van der Waals surface area (Å²) in [6.07, 6.45) is 0.810. The molecule has 0 aliphatic heterocycles. The van der Waals surface area contributed by atoms with Crippen molar-refractivity contribution in [2.24, 2.45) is 0 Å². The topological polar surface area (TPSA) is 78.8 Å². The number of carbonyl (C=O) groups excluding carboxylic acids is 1. The summed E-state index contributed by atoms with van der Waals surface area (Å²) in [6, 6.07) is 10.9. The highest BCUT2D eigenvalue weighted by Gasteiger charge is 2.16. The van der Waals surface area contributed by atoms with E-state index in [-0.39, 0.29) is 23.2 Å². The Morgan fingerprint density at radius 1 is 1.23 bits per heavy atom. The van der Waals surface area contributed by atoms with Crippen LogP contribution >= 0.6 is 0 Å². The summed E-state index contributed by atoms with van der Waals surface area (Å²) < 4.78 is 17.5. The van der Waals surface area contributed by atoms with Crippen molar-refractivity contribution in [3.63, 3.8) is 0 Å². The highest BCUT2D eigenvalue weighted by atomic mass is 19.1. The largest absolute Gasteiger partial charge is 0.507 e. The molecule has 26 heavy (non-hydrogen) atoms. The predicted octanol–water partition coefficient (Wildman–Crippen LogP) is 2.96. The van der Waals surface area contributed by atoms with E-state index in [1.807, 2.05) is 6.92 Å². The number of aliphatic hydroxyl groups excluding tert-OH is 1. The second-order valence-electron chi connectivity index (χ2n) is 6.26. The van der Waals surface area contributed by atoms with Crippen LogP contribution in [0.2, 0.25) is 0 Å². The van der Waals surface area contributed by atoms with E-state index in [1.54, 1.807) is 18.2 Å². The third kappa shape index (κ3) is 5.54. The van der Waals surface area contributed by atoms with Gasteiger partial charge in [-0.2, -0.15) is 0 Å². The van der Waals surface area contributed by atoms with Gasteiger partial charge < -0.3 is 20.3 Å². The average molecular weight is 361 g/mol. The monoisotopic (exact) mass is 361 g/mol. The van der Waals surface area contributed by atoms with Crippen LogP contribution in [-0.2, 0) is 11.2 Å². The smallest absolute Gasteiger partial charge is 0.341 e. The first-order chi connectivity index (χ1) is 12.4. The molecule has 2 aromatic rings. The van der Waals surface area contributed by atoms with Crippen LogP contribution in [0.1, 0.15) is 40.9 Å². The van der Waals surface area contributed by atoms with Crippen molar-refractivity contribution in [2.45, 2.75) is 31.9 Å². The fourth-order valence-electron chi connectivity index (χ4n) is 2.60. The van der Waals surface area contributed by atoms with Crippen LogP contribution in [-0.4, -0.2) is 35.9 Å². The van der Waals surface area contributed by atoms with Gasteiger partial charge in [-0.1, -0.05) is 18.2 Å². The molecule has 2 unspecified atom stereocenters. The van der Waals surface area contributed by atoms with Gasteiger partial charge in [-0.25, -0.2) is 9.18 Å². The van der Waals surface area contributed by atoms with Crippen LogP contribution in [0.3, 0.4) is 0 Å². The summed E-state index contributed by atoms with van der Waals surface area (Å²) in [5.41, 5.74) is 1.59.